The van der Waals surface area contributed by atoms with Gasteiger partial charge in [-0.2, -0.15) is 4.98 Å². The second-order valence-corrected chi connectivity index (χ2v) is 7.89. The summed E-state index contributed by atoms with van der Waals surface area (Å²) in [5.74, 6) is -0.520. The van der Waals surface area contributed by atoms with Crippen molar-refractivity contribution in [3.05, 3.63) is 35.1 Å². The highest BCUT2D eigenvalue weighted by atomic mass is 35.5. The molecule has 2 fully saturated rings. The summed E-state index contributed by atoms with van der Waals surface area (Å²) in [5, 5.41) is 6.91. The Bertz CT molecular complexity index is 867. The summed E-state index contributed by atoms with van der Waals surface area (Å²) in [6.07, 6.45) is 4.70. The number of rotatable bonds is 4. The van der Waals surface area contributed by atoms with Crippen molar-refractivity contribution in [2.75, 3.05) is 13.1 Å². The molecule has 27 heavy (non-hydrogen) atoms. The van der Waals surface area contributed by atoms with Crippen LogP contribution in [0.15, 0.2) is 28.8 Å². The number of hydrogen-bond acceptors (Lipinski definition) is 5. The van der Waals surface area contributed by atoms with Gasteiger partial charge in [0, 0.05) is 23.7 Å². The van der Waals surface area contributed by atoms with Crippen molar-refractivity contribution >= 4 is 23.4 Å². The lowest BCUT2D eigenvalue weighted by Gasteiger charge is -2.33. The molecule has 1 aromatic heterocycles. The summed E-state index contributed by atoms with van der Waals surface area (Å²) >= 11 is 5.95. The van der Waals surface area contributed by atoms with Gasteiger partial charge in [-0.1, -0.05) is 22.8 Å². The molecule has 1 saturated heterocycles. The molecule has 4 rings (SSSR count). The summed E-state index contributed by atoms with van der Waals surface area (Å²) < 4.78 is 5.14. The molecule has 1 aliphatic heterocycles. The van der Waals surface area contributed by atoms with Gasteiger partial charge in [0.05, 0.1) is 0 Å². The fraction of sp³-hybridized carbons (Fsp3) is 0.474. The zero-order chi connectivity index (χ0) is 19.0. The van der Waals surface area contributed by atoms with Crippen molar-refractivity contribution in [2.24, 2.45) is 5.41 Å². The van der Waals surface area contributed by atoms with Crippen LogP contribution in [0.1, 0.15) is 43.2 Å². The van der Waals surface area contributed by atoms with E-state index in [-0.39, 0.29) is 17.6 Å². The van der Waals surface area contributed by atoms with Crippen molar-refractivity contribution in [1.82, 2.24) is 20.4 Å². The first-order valence-corrected chi connectivity index (χ1v) is 9.53. The largest absolute Gasteiger partial charge is 0.341 e. The lowest BCUT2D eigenvalue weighted by molar-refractivity contribution is -0.134. The number of amides is 2. The Hall–Kier alpha value is -2.41. The number of aromatic nitrogens is 2. The zero-order valence-corrected chi connectivity index (χ0v) is 15.8. The van der Waals surface area contributed by atoms with E-state index in [0.29, 0.717) is 16.0 Å². The number of nitrogens with one attached hydrogen (secondary N) is 1. The van der Waals surface area contributed by atoms with Crippen molar-refractivity contribution in [3.8, 4) is 11.5 Å². The molecular weight excluding hydrogens is 368 g/mol. The summed E-state index contributed by atoms with van der Waals surface area (Å²) in [5.41, 5.74) is 1.13. The number of halogens is 1. The van der Waals surface area contributed by atoms with Crippen LogP contribution in [-0.2, 0) is 4.79 Å². The van der Waals surface area contributed by atoms with Crippen LogP contribution in [0.2, 0.25) is 5.02 Å². The number of carbonyl (C=O) groups excluding carboxylic acids is 2. The third-order valence-electron chi connectivity index (χ3n) is 5.51. The summed E-state index contributed by atoms with van der Waals surface area (Å²) in [6, 6.07) is 6.28. The Morgan fingerprint density at radius 1 is 1.26 bits per heavy atom. The lowest BCUT2D eigenvalue weighted by atomic mass is 9.93. The minimum atomic E-state index is -0.640. The van der Waals surface area contributed by atoms with Crippen LogP contribution in [-0.4, -0.2) is 46.0 Å². The van der Waals surface area contributed by atoms with Gasteiger partial charge in [0.1, 0.15) is 6.04 Å². The minimum absolute atomic E-state index is 0.0718. The van der Waals surface area contributed by atoms with E-state index in [4.69, 9.17) is 16.1 Å². The van der Waals surface area contributed by atoms with Crippen molar-refractivity contribution < 1.29 is 14.1 Å². The third-order valence-corrected chi connectivity index (χ3v) is 5.75. The first-order chi connectivity index (χ1) is 13.0. The second-order valence-electron chi connectivity index (χ2n) is 7.45. The van der Waals surface area contributed by atoms with Gasteiger partial charge in [0.15, 0.2) is 0 Å². The molecule has 8 heteroatoms. The summed E-state index contributed by atoms with van der Waals surface area (Å²) in [7, 11) is 0. The molecule has 7 nitrogen and oxygen atoms in total. The van der Waals surface area contributed by atoms with E-state index >= 15 is 0 Å². The average Bonchev–Trinajstić information content (AvgIpc) is 3.22. The third kappa shape index (κ3) is 3.83. The number of carbonyl (C=O) groups is 2. The Morgan fingerprint density at radius 3 is 2.67 bits per heavy atom. The van der Waals surface area contributed by atoms with E-state index < -0.39 is 11.9 Å². The minimum Gasteiger partial charge on any atom is -0.341 e. The maximum Gasteiger partial charge on any atom is 0.293 e. The van der Waals surface area contributed by atoms with Crippen LogP contribution in [0.3, 0.4) is 0 Å². The average molecular weight is 389 g/mol. The van der Waals surface area contributed by atoms with Gasteiger partial charge in [-0.15, -0.1) is 0 Å². The highest BCUT2D eigenvalue weighted by molar-refractivity contribution is 6.30. The number of likely N-dealkylation sites (tertiary alicyclic amines) is 1. The van der Waals surface area contributed by atoms with Crippen LogP contribution in [0.25, 0.3) is 11.5 Å². The molecule has 2 amide bonds. The molecule has 0 unspecified atom stereocenters. The molecule has 2 aliphatic rings. The monoisotopic (exact) mass is 388 g/mol. The van der Waals surface area contributed by atoms with Gasteiger partial charge in [0.25, 0.3) is 17.6 Å². The van der Waals surface area contributed by atoms with Gasteiger partial charge >= 0.3 is 0 Å². The maximum absolute atomic E-state index is 12.6. The number of benzene rings is 1. The zero-order valence-electron chi connectivity index (χ0n) is 15.1. The van der Waals surface area contributed by atoms with Gasteiger partial charge < -0.3 is 14.7 Å². The molecule has 1 atom stereocenters. The van der Waals surface area contributed by atoms with Crippen molar-refractivity contribution in [3.63, 3.8) is 0 Å². The molecule has 0 radical (unpaired) electrons. The Balaban J connectivity index is 1.36. The van der Waals surface area contributed by atoms with Gasteiger partial charge in [0.2, 0.25) is 5.91 Å². The SMILES string of the molecule is C[C@@H](NC(=O)c1noc(-c2cccc(Cl)c2)n1)C(=O)N1CCC2(CC1)CC2. The first-order valence-electron chi connectivity index (χ1n) is 9.15. The predicted octanol–water partition coefficient (Wildman–Crippen LogP) is 2.91. The topological polar surface area (TPSA) is 88.3 Å². The second kappa shape index (κ2) is 6.96. The highest BCUT2D eigenvalue weighted by Crippen LogP contribution is 2.53. The fourth-order valence-corrected chi connectivity index (χ4v) is 3.72. The number of nitrogens with zero attached hydrogens (tertiary/aromatic N) is 3. The van der Waals surface area contributed by atoms with E-state index in [1.807, 2.05) is 4.90 Å². The number of hydrogen-bond donors (Lipinski definition) is 1. The predicted molar refractivity (Wildman–Crippen MR) is 99.2 cm³/mol. The molecule has 2 aromatic rings. The molecule has 0 bridgehead atoms. The molecule has 1 saturated carbocycles. The maximum atomic E-state index is 12.6. The van der Waals surface area contributed by atoms with E-state index in [9.17, 15) is 9.59 Å². The Morgan fingerprint density at radius 2 is 2.00 bits per heavy atom. The van der Waals surface area contributed by atoms with Crippen LogP contribution < -0.4 is 5.32 Å². The molecule has 2 heterocycles. The summed E-state index contributed by atoms with van der Waals surface area (Å²) in [4.78, 5) is 30.9. The lowest BCUT2D eigenvalue weighted by Crippen LogP contribution is -2.49. The summed E-state index contributed by atoms with van der Waals surface area (Å²) in [6.45, 7) is 3.21. The van der Waals surface area contributed by atoms with E-state index in [2.05, 4.69) is 15.5 Å². The molecule has 1 aliphatic carbocycles. The van der Waals surface area contributed by atoms with Gasteiger partial charge in [-0.3, -0.25) is 9.59 Å². The molecule has 1 N–H and O–H groups in total. The first kappa shape index (κ1) is 18.0. The molecular formula is C19H21ClN4O3. The van der Waals surface area contributed by atoms with Crippen LogP contribution in [0.4, 0.5) is 0 Å². The Labute approximate surface area is 162 Å². The van der Waals surface area contributed by atoms with E-state index in [1.165, 1.54) is 12.8 Å². The molecule has 1 spiro atoms. The fourth-order valence-electron chi connectivity index (χ4n) is 3.53. The smallest absolute Gasteiger partial charge is 0.293 e. The van der Waals surface area contributed by atoms with Crippen LogP contribution >= 0.6 is 11.6 Å². The number of piperidine rings is 1. The van der Waals surface area contributed by atoms with Crippen molar-refractivity contribution in [2.45, 2.75) is 38.6 Å². The Kier molecular flexibility index (Phi) is 4.63. The van der Waals surface area contributed by atoms with Crippen LogP contribution in [0, 0.1) is 5.41 Å². The molecule has 142 valence electrons. The van der Waals surface area contributed by atoms with Crippen molar-refractivity contribution in [1.29, 1.82) is 0 Å². The standard InChI is InChI=1S/C19H21ClN4O3/c1-12(18(26)24-9-7-19(5-6-19)8-10-24)21-16(25)15-22-17(27-23-15)13-3-2-4-14(20)11-13/h2-4,11-12H,5-10H2,1H3,(H,21,25)/t12-/m1/s1. The quantitative estimate of drug-likeness (QED) is 0.869. The van der Waals surface area contributed by atoms with Gasteiger partial charge in [-0.05, 0) is 56.2 Å². The van der Waals surface area contributed by atoms with Gasteiger partial charge in [-0.25, -0.2) is 0 Å². The van der Waals surface area contributed by atoms with Crippen LogP contribution in [0.5, 0.6) is 0 Å². The normalized spacial score (nSPS) is 19.0. The van der Waals surface area contributed by atoms with E-state index in [0.717, 1.165) is 25.9 Å². The highest BCUT2D eigenvalue weighted by Gasteiger charge is 2.45. The van der Waals surface area contributed by atoms with E-state index in [1.54, 1.807) is 31.2 Å². The molecule has 1 aromatic carbocycles.